The molecule has 1 atom stereocenters. The van der Waals surface area contributed by atoms with Crippen LogP contribution >= 0.6 is 11.6 Å². The summed E-state index contributed by atoms with van der Waals surface area (Å²) in [5.74, 6) is 1.68. The highest BCUT2D eigenvalue weighted by atomic mass is 35.5. The van der Waals surface area contributed by atoms with Gasteiger partial charge in [-0.2, -0.15) is 13.2 Å². The number of anilines is 1. The fourth-order valence-corrected chi connectivity index (χ4v) is 4.64. The standard InChI is InChI=1S/C26H25ClF3N5O2/c1-3-11-37-23-22(27)18-12-16(5-7-19(18)34-24(23)35-9-4-10-35)25(36,21-14-31-15(2)33-21)17-6-8-20(32-13-17)26(28,29)30/h5-8,12-14,36H,3-4,9-11H2,1-2H3,(H,31,33). The Labute approximate surface area is 216 Å². The number of alkyl halides is 3. The second-order valence-electron chi connectivity index (χ2n) is 9.02. The minimum Gasteiger partial charge on any atom is -0.488 e. The number of fused-ring (bicyclic) bond motifs is 1. The van der Waals surface area contributed by atoms with E-state index in [1.807, 2.05) is 6.92 Å². The number of aromatic amines is 1. The zero-order valence-electron chi connectivity index (χ0n) is 20.2. The van der Waals surface area contributed by atoms with Crippen LogP contribution < -0.4 is 9.64 Å². The number of rotatable bonds is 7. The molecule has 7 nitrogen and oxygen atoms in total. The number of aliphatic hydroxyl groups is 1. The number of nitrogens with one attached hydrogen (secondary N) is 1. The average Bonchev–Trinajstić information content (AvgIpc) is 3.28. The lowest BCUT2D eigenvalue weighted by Crippen LogP contribution is -2.38. The summed E-state index contributed by atoms with van der Waals surface area (Å²) < 4.78 is 45.4. The molecule has 1 aliphatic heterocycles. The van der Waals surface area contributed by atoms with E-state index in [4.69, 9.17) is 21.3 Å². The summed E-state index contributed by atoms with van der Waals surface area (Å²) in [6.07, 6.45) is -0.299. The molecular weight excluding hydrogens is 507 g/mol. The van der Waals surface area contributed by atoms with E-state index in [0.717, 1.165) is 38.2 Å². The van der Waals surface area contributed by atoms with Gasteiger partial charge in [-0.1, -0.05) is 30.7 Å². The van der Waals surface area contributed by atoms with Crippen LogP contribution in [0.3, 0.4) is 0 Å². The number of ether oxygens (including phenoxy) is 1. The number of aromatic nitrogens is 4. The summed E-state index contributed by atoms with van der Waals surface area (Å²) in [5.41, 5.74) is -1.58. The highest BCUT2D eigenvalue weighted by molar-refractivity contribution is 6.37. The molecule has 1 aliphatic rings. The number of H-pyrrole nitrogens is 1. The monoisotopic (exact) mass is 531 g/mol. The van der Waals surface area contributed by atoms with Crippen LogP contribution in [0, 0.1) is 6.92 Å². The third-order valence-corrected chi connectivity index (χ3v) is 6.83. The molecule has 0 spiro atoms. The molecular formula is C26H25ClF3N5O2. The SMILES string of the molecule is CCCOc1c(N2CCC2)nc2ccc(C(O)(c3ccc(C(F)(F)F)nc3)c3cnc(C)[nH]3)cc2c1Cl. The van der Waals surface area contributed by atoms with Gasteiger partial charge >= 0.3 is 6.18 Å². The quantitative estimate of drug-likeness (QED) is 0.322. The number of halogens is 4. The number of aryl methyl sites for hydroxylation is 1. The largest absolute Gasteiger partial charge is 0.488 e. The second-order valence-corrected chi connectivity index (χ2v) is 9.40. The summed E-state index contributed by atoms with van der Waals surface area (Å²) in [6, 6.07) is 7.13. The first-order chi connectivity index (χ1) is 17.6. The highest BCUT2D eigenvalue weighted by Crippen LogP contribution is 2.44. The highest BCUT2D eigenvalue weighted by Gasteiger charge is 2.39. The van der Waals surface area contributed by atoms with Crippen molar-refractivity contribution < 1.29 is 23.0 Å². The molecule has 1 saturated heterocycles. The van der Waals surface area contributed by atoms with Crippen LogP contribution in [-0.4, -0.2) is 44.7 Å². The minimum atomic E-state index is -4.60. The van der Waals surface area contributed by atoms with Gasteiger partial charge in [-0.3, -0.25) is 4.98 Å². The zero-order valence-corrected chi connectivity index (χ0v) is 21.0. The van der Waals surface area contributed by atoms with E-state index in [-0.39, 0.29) is 11.3 Å². The van der Waals surface area contributed by atoms with Gasteiger partial charge in [0.1, 0.15) is 11.5 Å². The van der Waals surface area contributed by atoms with E-state index in [9.17, 15) is 18.3 Å². The summed E-state index contributed by atoms with van der Waals surface area (Å²) in [7, 11) is 0. The van der Waals surface area contributed by atoms with Crippen LogP contribution in [0.5, 0.6) is 5.75 Å². The first-order valence-electron chi connectivity index (χ1n) is 11.9. The van der Waals surface area contributed by atoms with Crippen molar-refractivity contribution in [3.05, 3.63) is 76.1 Å². The van der Waals surface area contributed by atoms with Gasteiger partial charge in [0, 0.05) is 30.2 Å². The van der Waals surface area contributed by atoms with Crippen molar-refractivity contribution in [2.24, 2.45) is 0 Å². The van der Waals surface area contributed by atoms with Gasteiger partial charge in [-0.15, -0.1) is 0 Å². The molecule has 4 heterocycles. The summed E-state index contributed by atoms with van der Waals surface area (Å²) >= 11 is 6.87. The molecule has 1 aromatic carbocycles. The van der Waals surface area contributed by atoms with Crippen LogP contribution in [0.25, 0.3) is 10.9 Å². The smallest absolute Gasteiger partial charge is 0.433 e. The average molecular weight is 532 g/mol. The van der Waals surface area contributed by atoms with Gasteiger partial charge < -0.3 is 19.7 Å². The molecule has 5 rings (SSSR count). The Bertz CT molecular complexity index is 1440. The molecule has 0 bridgehead atoms. The minimum absolute atomic E-state index is 0.132. The lowest BCUT2D eigenvalue weighted by atomic mass is 9.84. The normalized spacial score (nSPS) is 15.5. The van der Waals surface area contributed by atoms with Gasteiger partial charge in [-0.05, 0) is 43.5 Å². The number of nitrogens with zero attached hydrogens (tertiary/aromatic N) is 4. The predicted molar refractivity (Wildman–Crippen MR) is 134 cm³/mol. The third-order valence-electron chi connectivity index (χ3n) is 6.45. The van der Waals surface area contributed by atoms with E-state index in [2.05, 4.69) is 19.9 Å². The number of hydrogen-bond donors (Lipinski definition) is 2. The molecule has 11 heteroatoms. The van der Waals surface area contributed by atoms with Crippen molar-refractivity contribution in [3.8, 4) is 5.75 Å². The topological polar surface area (TPSA) is 87.2 Å². The maximum atomic E-state index is 13.2. The molecule has 4 aromatic rings. The van der Waals surface area contributed by atoms with Crippen molar-refractivity contribution in [2.45, 2.75) is 38.5 Å². The molecule has 3 aromatic heterocycles. The summed E-state index contributed by atoms with van der Waals surface area (Å²) in [6.45, 7) is 5.88. The number of pyridine rings is 2. The molecule has 1 fully saturated rings. The van der Waals surface area contributed by atoms with Crippen molar-refractivity contribution >= 4 is 28.3 Å². The van der Waals surface area contributed by atoms with E-state index >= 15 is 0 Å². The Morgan fingerprint density at radius 3 is 2.43 bits per heavy atom. The Hall–Kier alpha value is -3.37. The Kier molecular flexibility index (Phi) is 6.49. The lowest BCUT2D eigenvalue weighted by Gasteiger charge is -2.34. The number of benzene rings is 1. The van der Waals surface area contributed by atoms with E-state index in [0.29, 0.717) is 45.5 Å². The molecule has 0 radical (unpaired) electrons. The number of imidazole rings is 1. The lowest BCUT2D eigenvalue weighted by molar-refractivity contribution is -0.141. The van der Waals surface area contributed by atoms with E-state index in [1.165, 1.54) is 12.3 Å². The maximum Gasteiger partial charge on any atom is 0.433 e. The molecule has 0 aliphatic carbocycles. The van der Waals surface area contributed by atoms with Crippen molar-refractivity contribution in [1.82, 2.24) is 19.9 Å². The van der Waals surface area contributed by atoms with E-state index in [1.54, 1.807) is 25.1 Å². The second kappa shape index (κ2) is 9.50. The maximum absolute atomic E-state index is 13.2. The fraction of sp³-hybridized carbons (Fsp3) is 0.346. The Morgan fingerprint density at radius 2 is 1.86 bits per heavy atom. The predicted octanol–water partition coefficient (Wildman–Crippen LogP) is 5.62. The summed E-state index contributed by atoms with van der Waals surface area (Å²) in [5, 5.41) is 13.0. The first kappa shape index (κ1) is 25.3. The van der Waals surface area contributed by atoms with Crippen LogP contribution in [-0.2, 0) is 11.8 Å². The van der Waals surface area contributed by atoms with E-state index < -0.39 is 17.5 Å². The molecule has 37 heavy (non-hydrogen) atoms. The van der Waals surface area contributed by atoms with Crippen LogP contribution in [0.2, 0.25) is 5.02 Å². The third kappa shape index (κ3) is 4.48. The van der Waals surface area contributed by atoms with Crippen LogP contribution in [0.15, 0.2) is 42.7 Å². The first-order valence-corrected chi connectivity index (χ1v) is 12.3. The molecule has 0 amide bonds. The van der Waals surface area contributed by atoms with Crippen molar-refractivity contribution in [1.29, 1.82) is 0 Å². The molecule has 2 N–H and O–H groups in total. The molecule has 0 saturated carbocycles. The Balaban J connectivity index is 1.68. The number of hydrogen-bond acceptors (Lipinski definition) is 6. The Morgan fingerprint density at radius 1 is 1.11 bits per heavy atom. The molecule has 1 unspecified atom stereocenters. The van der Waals surface area contributed by atoms with Crippen molar-refractivity contribution in [2.75, 3.05) is 24.6 Å². The van der Waals surface area contributed by atoms with Gasteiger partial charge in [0.15, 0.2) is 17.2 Å². The van der Waals surface area contributed by atoms with Gasteiger partial charge in [0.25, 0.3) is 0 Å². The van der Waals surface area contributed by atoms with Crippen LogP contribution in [0.4, 0.5) is 19.0 Å². The summed E-state index contributed by atoms with van der Waals surface area (Å²) in [4.78, 5) is 17.7. The molecule has 194 valence electrons. The van der Waals surface area contributed by atoms with Gasteiger partial charge in [0.2, 0.25) is 0 Å². The fourth-order valence-electron chi connectivity index (χ4n) is 4.35. The van der Waals surface area contributed by atoms with Crippen LogP contribution in [0.1, 0.15) is 48.1 Å². The van der Waals surface area contributed by atoms with Gasteiger partial charge in [0.05, 0.1) is 29.0 Å². The van der Waals surface area contributed by atoms with Crippen molar-refractivity contribution in [3.63, 3.8) is 0 Å². The zero-order chi connectivity index (χ0) is 26.4. The van der Waals surface area contributed by atoms with Gasteiger partial charge in [-0.25, -0.2) is 9.97 Å².